The number of halogens is 2. The molecule has 0 spiro atoms. The summed E-state index contributed by atoms with van der Waals surface area (Å²) in [6.45, 7) is 2.18. The van der Waals surface area contributed by atoms with E-state index in [1.807, 2.05) is 31.2 Å². The van der Waals surface area contributed by atoms with Crippen LogP contribution in [0.1, 0.15) is 12.0 Å². The average molecular weight is 408 g/mol. The van der Waals surface area contributed by atoms with Crippen LogP contribution in [-0.4, -0.2) is 19.1 Å². The molecule has 0 unspecified atom stereocenters. The van der Waals surface area contributed by atoms with Gasteiger partial charge >= 0.3 is 0 Å². The molecule has 2 rings (SSSR count). The molecule has 2 aromatic carbocycles. The number of nitriles is 1. The molecule has 0 heterocycles. The molecule has 0 radical (unpaired) electrons. The normalized spacial score (nSPS) is 10.1. The summed E-state index contributed by atoms with van der Waals surface area (Å²) < 4.78 is 6.26. The molecule has 0 saturated carbocycles. The monoisotopic (exact) mass is 406 g/mol. The van der Waals surface area contributed by atoms with Crippen LogP contribution >= 0.6 is 27.5 Å². The van der Waals surface area contributed by atoms with Gasteiger partial charge < -0.3 is 9.64 Å². The molecule has 0 saturated heterocycles. The summed E-state index contributed by atoms with van der Waals surface area (Å²) in [4.78, 5) is 14.1. The van der Waals surface area contributed by atoms with Crippen LogP contribution in [0.5, 0.6) is 5.75 Å². The van der Waals surface area contributed by atoms with Crippen LogP contribution in [0, 0.1) is 18.3 Å². The molecule has 0 fully saturated rings. The van der Waals surface area contributed by atoms with Crippen LogP contribution in [0.3, 0.4) is 0 Å². The maximum absolute atomic E-state index is 12.5. The first kappa shape index (κ1) is 18.3. The van der Waals surface area contributed by atoms with E-state index in [0.29, 0.717) is 21.8 Å². The second-order valence-corrected chi connectivity index (χ2v) is 6.44. The van der Waals surface area contributed by atoms with Gasteiger partial charge in [0.15, 0.2) is 6.61 Å². The molecule has 2 aromatic rings. The Bertz CT molecular complexity index is 757. The van der Waals surface area contributed by atoms with E-state index in [1.165, 1.54) is 0 Å². The molecule has 0 aliphatic rings. The van der Waals surface area contributed by atoms with Gasteiger partial charge in [0.25, 0.3) is 5.91 Å². The number of hydrogen-bond donors (Lipinski definition) is 0. The van der Waals surface area contributed by atoms with E-state index in [2.05, 4.69) is 22.0 Å². The summed E-state index contributed by atoms with van der Waals surface area (Å²) in [5, 5.41) is 9.40. The topological polar surface area (TPSA) is 53.3 Å². The summed E-state index contributed by atoms with van der Waals surface area (Å²) in [6, 6.07) is 14.7. The van der Waals surface area contributed by atoms with Crippen molar-refractivity contribution in [2.45, 2.75) is 13.3 Å². The lowest BCUT2D eigenvalue weighted by atomic mass is 10.2. The van der Waals surface area contributed by atoms with Crippen molar-refractivity contribution in [1.29, 1.82) is 5.26 Å². The predicted molar refractivity (Wildman–Crippen MR) is 98.4 cm³/mol. The largest absolute Gasteiger partial charge is 0.483 e. The summed E-state index contributed by atoms with van der Waals surface area (Å²) in [6.07, 6.45) is 0.254. The third kappa shape index (κ3) is 4.98. The zero-order valence-corrected chi connectivity index (χ0v) is 15.5. The number of aryl methyl sites for hydroxylation is 1. The molecule has 0 aliphatic heterocycles. The van der Waals surface area contributed by atoms with Gasteiger partial charge in [-0.25, -0.2) is 0 Å². The molecule has 24 heavy (non-hydrogen) atoms. The Labute approximate surface area is 154 Å². The first-order valence-electron chi connectivity index (χ1n) is 7.33. The molecule has 0 bridgehead atoms. The van der Waals surface area contributed by atoms with E-state index < -0.39 is 0 Å². The SMILES string of the molecule is Cc1ccc(N(CCC#N)C(=O)COc2ccc(Cl)cc2Br)cc1. The lowest BCUT2D eigenvalue weighted by molar-refractivity contribution is -0.120. The fourth-order valence-corrected chi connectivity index (χ4v) is 2.89. The highest BCUT2D eigenvalue weighted by atomic mass is 79.9. The van der Waals surface area contributed by atoms with Gasteiger partial charge in [-0.2, -0.15) is 5.26 Å². The van der Waals surface area contributed by atoms with Crippen molar-refractivity contribution in [3.63, 3.8) is 0 Å². The van der Waals surface area contributed by atoms with E-state index >= 15 is 0 Å². The number of anilines is 1. The van der Waals surface area contributed by atoms with E-state index in [4.69, 9.17) is 21.6 Å². The molecule has 1 amide bonds. The number of carbonyl (C=O) groups is 1. The Morgan fingerprint density at radius 3 is 2.62 bits per heavy atom. The number of ether oxygens (including phenoxy) is 1. The average Bonchev–Trinajstić information content (AvgIpc) is 2.56. The van der Waals surface area contributed by atoms with Crippen molar-refractivity contribution in [3.8, 4) is 11.8 Å². The number of benzene rings is 2. The highest BCUT2D eigenvalue weighted by molar-refractivity contribution is 9.10. The molecule has 0 aromatic heterocycles. The van der Waals surface area contributed by atoms with Crippen LogP contribution < -0.4 is 9.64 Å². The zero-order valence-electron chi connectivity index (χ0n) is 13.1. The van der Waals surface area contributed by atoms with Gasteiger partial charge in [-0.15, -0.1) is 0 Å². The Morgan fingerprint density at radius 2 is 2.00 bits per heavy atom. The molecule has 124 valence electrons. The van der Waals surface area contributed by atoms with Crippen molar-refractivity contribution < 1.29 is 9.53 Å². The lowest BCUT2D eigenvalue weighted by Crippen LogP contribution is -2.35. The molecule has 0 N–H and O–H groups in total. The zero-order chi connectivity index (χ0) is 17.5. The van der Waals surface area contributed by atoms with Crippen molar-refractivity contribution in [2.75, 3.05) is 18.1 Å². The van der Waals surface area contributed by atoms with Gasteiger partial charge in [0.2, 0.25) is 0 Å². The van der Waals surface area contributed by atoms with Crippen LogP contribution in [-0.2, 0) is 4.79 Å². The minimum atomic E-state index is -0.212. The molecule has 0 aliphatic carbocycles. The molecule has 4 nitrogen and oxygen atoms in total. The minimum absolute atomic E-state index is 0.125. The van der Waals surface area contributed by atoms with E-state index in [9.17, 15) is 4.79 Å². The smallest absolute Gasteiger partial charge is 0.264 e. The predicted octanol–water partition coefficient (Wildman–Crippen LogP) is 4.74. The third-order valence-corrected chi connectivity index (χ3v) is 4.19. The number of amides is 1. The van der Waals surface area contributed by atoms with Crippen molar-refractivity contribution >= 4 is 39.1 Å². The fourth-order valence-electron chi connectivity index (χ4n) is 2.09. The van der Waals surface area contributed by atoms with Crippen molar-refractivity contribution in [1.82, 2.24) is 0 Å². The Kier molecular flexibility index (Phi) is 6.65. The van der Waals surface area contributed by atoms with Gasteiger partial charge in [0.05, 0.1) is 17.0 Å². The van der Waals surface area contributed by atoms with Crippen LogP contribution in [0.2, 0.25) is 5.02 Å². The van der Waals surface area contributed by atoms with Crippen LogP contribution in [0.25, 0.3) is 0 Å². The second-order valence-electron chi connectivity index (χ2n) is 5.15. The summed E-state index contributed by atoms with van der Waals surface area (Å²) in [7, 11) is 0. The molecule has 0 atom stereocenters. The maximum atomic E-state index is 12.5. The minimum Gasteiger partial charge on any atom is -0.483 e. The standard InChI is InChI=1S/C18H16BrClN2O2/c1-13-3-6-15(7-4-13)22(10-2-9-21)18(23)12-24-17-8-5-14(20)11-16(17)19/h3-8,11H,2,10,12H2,1H3. The maximum Gasteiger partial charge on any atom is 0.264 e. The highest BCUT2D eigenvalue weighted by Gasteiger charge is 2.16. The molecular weight excluding hydrogens is 392 g/mol. The first-order chi connectivity index (χ1) is 11.5. The Balaban J connectivity index is 2.10. The Hall–Kier alpha value is -2.03. The molecule has 6 heteroatoms. The van der Waals surface area contributed by atoms with Crippen molar-refractivity contribution in [3.05, 3.63) is 57.5 Å². The van der Waals surface area contributed by atoms with Crippen LogP contribution in [0.4, 0.5) is 5.69 Å². The lowest BCUT2D eigenvalue weighted by Gasteiger charge is -2.22. The van der Waals surface area contributed by atoms with Gasteiger partial charge in [0.1, 0.15) is 5.75 Å². The quantitative estimate of drug-likeness (QED) is 0.695. The van der Waals surface area contributed by atoms with Crippen molar-refractivity contribution in [2.24, 2.45) is 0 Å². The van der Waals surface area contributed by atoms with E-state index in [0.717, 1.165) is 11.3 Å². The summed E-state index contributed by atoms with van der Waals surface area (Å²) in [5.41, 5.74) is 1.85. The Morgan fingerprint density at radius 1 is 1.29 bits per heavy atom. The third-order valence-electron chi connectivity index (χ3n) is 3.34. The van der Waals surface area contributed by atoms with Gasteiger partial charge in [-0.1, -0.05) is 29.3 Å². The fraction of sp³-hybridized carbons (Fsp3) is 0.222. The number of hydrogen-bond acceptors (Lipinski definition) is 3. The molecular formula is C18H16BrClN2O2. The van der Waals surface area contributed by atoms with E-state index in [-0.39, 0.29) is 18.9 Å². The highest BCUT2D eigenvalue weighted by Crippen LogP contribution is 2.28. The summed E-state index contributed by atoms with van der Waals surface area (Å²) >= 11 is 9.24. The number of nitrogens with zero attached hydrogens (tertiary/aromatic N) is 2. The summed E-state index contributed by atoms with van der Waals surface area (Å²) in [5.74, 6) is 0.327. The first-order valence-corrected chi connectivity index (χ1v) is 8.50. The van der Waals surface area contributed by atoms with Gasteiger partial charge in [0, 0.05) is 17.3 Å². The number of carbonyl (C=O) groups excluding carboxylic acids is 1. The van der Waals surface area contributed by atoms with Gasteiger partial charge in [-0.3, -0.25) is 4.79 Å². The van der Waals surface area contributed by atoms with Crippen LogP contribution in [0.15, 0.2) is 46.9 Å². The number of rotatable bonds is 6. The second kappa shape index (κ2) is 8.72. The van der Waals surface area contributed by atoms with E-state index in [1.54, 1.807) is 23.1 Å². The van der Waals surface area contributed by atoms with Gasteiger partial charge in [-0.05, 0) is 53.2 Å².